The first-order valence-corrected chi connectivity index (χ1v) is 9.58. The SMILES string of the molecule is COc1ccc(N2CCN(S(=O)(=O)c3ccc(C(=O)O)cc3)CC2)cc1. The van der Waals surface area contributed by atoms with E-state index in [-0.39, 0.29) is 10.5 Å². The van der Waals surface area contributed by atoms with Gasteiger partial charge in [0.25, 0.3) is 0 Å². The molecule has 0 amide bonds. The zero-order valence-electron chi connectivity index (χ0n) is 14.3. The molecule has 138 valence electrons. The van der Waals surface area contributed by atoms with Gasteiger partial charge in [0.2, 0.25) is 10.0 Å². The molecule has 0 bridgehead atoms. The average Bonchev–Trinajstić information content (AvgIpc) is 2.68. The van der Waals surface area contributed by atoms with Gasteiger partial charge in [-0.25, -0.2) is 13.2 Å². The molecule has 0 radical (unpaired) electrons. The van der Waals surface area contributed by atoms with Crippen LogP contribution in [0.1, 0.15) is 10.4 Å². The fraction of sp³-hybridized carbons (Fsp3) is 0.278. The Kier molecular flexibility index (Phi) is 5.15. The largest absolute Gasteiger partial charge is 0.497 e. The van der Waals surface area contributed by atoms with E-state index in [1.807, 2.05) is 24.3 Å². The van der Waals surface area contributed by atoms with Crippen LogP contribution in [0.25, 0.3) is 0 Å². The fourth-order valence-corrected chi connectivity index (χ4v) is 4.32. The van der Waals surface area contributed by atoms with Gasteiger partial charge in [0.1, 0.15) is 5.75 Å². The number of nitrogens with zero attached hydrogens (tertiary/aromatic N) is 2. The van der Waals surface area contributed by atoms with E-state index in [9.17, 15) is 13.2 Å². The van der Waals surface area contributed by atoms with Gasteiger partial charge in [-0.3, -0.25) is 0 Å². The summed E-state index contributed by atoms with van der Waals surface area (Å²) < 4.78 is 32.1. The Hall–Kier alpha value is -2.58. The molecule has 2 aromatic carbocycles. The molecule has 1 N–H and O–H groups in total. The van der Waals surface area contributed by atoms with Crippen molar-refractivity contribution in [3.05, 3.63) is 54.1 Å². The van der Waals surface area contributed by atoms with E-state index in [1.165, 1.54) is 28.6 Å². The lowest BCUT2D eigenvalue weighted by Crippen LogP contribution is -2.48. The number of piperazine rings is 1. The summed E-state index contributed by atoms with van der Waals surface area (Å²) in [6.07, 6.45) is 0. The van der Waals surface area contributed by atoms with Gasteiger partial charge in [0.15, 0.2) is 0 Å². The van der Waals surface area contributed by atoms with Crippen LogP contribution >= 0.6 is 0 Å². The Labute approximate surface area is 152 Å². The number of anilines is 1. The van der Waals surface area contributed by atoms with Gasteiger partial charge in [0.05, 0.1) is 17.6 Å². The van der Waals surface area contributed by atoms with Crippen molar-refractivity contribution in [2.24, 2.45) is 0 Å². The van der Waals surface area contributed by atoms with E-state index >= 15 is 0 Å². The highest BCUT2D eigenvalue weighted by molar-refractivity contribution is 7.89. The molecule has 0 unspecified atom stereocenters. The third-order valence-corrected chi connectivity index (χ3v) is 6.33. The summed E-state index contributed by atoms with van der Waals surface area (Å²) in [5.74, 6) is -0.304. The lowest BCUT2D eigenvalue weighted by Gasteiger charge is -2.35. The van der Waals surface area contributed by atoms with Crippen LogP contribution in [0.2, 0.25) is 0 Å². The molecule has 1 aliphatic rings. The number of sulfonamides is 1. The number of aromatic carboxylic acids is 1. The van der Waals surface area contributed by atoms with Gasteiger partial charge >= 0.3 is 5.97 Å². The predicted octanol–water partition coefficient (Wildman–Crippen LogP) is 1.90. The van der Waals surface area contributed by atoms with Gasteiger partial charge in [0, 0.05) is 31.9 Å². The van der Waals surface area contributed by atoms with Crippen LogP contribution in [0.4, 0.5) is 5.69 Å². The summed E-state index contributed by atoms with van der Waals surface area (Å²) in [4.78, 5) is 13.1. The maximum absolute atomic E-state index is 12.7. The molecule has 26 heavy (non-hydrogen) atoms. The van der Waals surface area contributed by atoms with E-state index in [4.69, 9.17) is 9.84 Å². The highest BCUT2D eigenvalue weighted by atomic mass is 32.2. The van der Waals surface area contributed by atoms with Crippen LogP contribution in [0.5, 0.6) is 5.75 Å². The van der Waals surface area contributed by atoms with Crippen LogP contribution in [-0.2, 0) is 10.0 Å². The second-order valence-corrected chi connectivity index (χ2v) is 7.86. The minimum Gasteiger partial charge on any atom is -0.497 e. The van der Waals surface area contributed by atoms with E-state index in [0.29, 0.717) is 26.2 Å². The molecule has 1 heterocycles. The first-order chi connectivity index (χ1) is 12.4. The molecular formula is C18H20N2O5S. The molecule has 0 spiro atoms. The summed E-state index contributed by atoms with van der Waals surface area (Å²) in [5, 5.41) is 8.92. The molecule has 1 aliphatic heterocycles. The van der Waals surface area contributed by atoms with Gasteiger partial charge in [-0.15, -0.1) is 0 Å². The third kappa shape index (κ3) is 3.66. The first kappa shape index (κ1) is 18.2. The number of methoxy groups -OCH3 is 1. The van der Waals surface area contributed by atoms with Gasteiger partial charge in [-0.2, -0.15) is 4.31 Å². The molecule has 0 atom stereocenters. The number of benzene rings is 2. The lowest BCUT2D eigenvalue weighted by molar-refractivity contribution is 0.0696. The zero-order chi connectivity index (χ0) is 18.7. The highest BCUT2D eigenvalue weighted by Gasteiger charge is 2.28. The van der Waals surface area contributed by atoms with Crippen molar-refractivity contribution < 1.29 is 23.1 Å². The van der Waals surface area contributed by atoms with Crippen molar-refractivity contribution in [1.82, 2.24) is 4.31 Å². The normalized spacial score (nSPS) is 15.7. The minimum absolute atomic E-state index is 0.0632. The summed E-state index contributed by atoms with van der Waals surface area (Å²) in [7, 11) is -2.01. The van der Waals surface area contributed by atoms with Crippen LogP contribution in [0.15, 0.2) is 53.4 Å². The summed E-state index contributed by atoms with van der Waals surface area (Å²) in [6, 6.07) is 13.0. The first-order valence-electron chi connectivity index (χ1n) is 8.14. The quantitative estimate of drug-likeness (QED) is 0.858. The number of carboxylic acid groups (broad SMARTS) is 1. The summed E-state index contributed by atoms with van der Waals surface area (Å²) >= 11 is 0. The lowest BCUT2D eigenvalue weighted by atomic mass is 10.2. The van der Waals surface area contributed by atoms with Crippen LogP contribution in [0.3, 0.4) is 0 Å². The standard InChI is InChI=1S/C18H20N2O5S/c1-25-16-6-4-15(5-7-16)19-10-12-20(13-11-19)26(23,24)17-8-2-14(3-9-17)18(21)22/h2-9H,10-13H2,1H3,(H,21,22). The molecule has 2 aromatic rings. The van der Waals surface area contributed by atoms with Crippen LogP contribution in [-0.4, -0.2) is 57.1 Å². The molecule has 8 heteroatoms. The van der Waals surface area contributed by atoms with Gasteiger partial charge in [-0.05, 0) is 48.5 Å². The number of carboxylic acids is 1. The zero-order valence-corrected chi connectivity index (χ0v) is 15.1. The van der Waals surface area contributed by atoms with E-state index in [2.05, 4.69) is 4.90 Å². The highest BCUT2D eigenvalue weighted by Crippen LogP contribution is 2.23. The molecule has 0 saturated carbocycles. The van der Waals surface area contributed by atoms with Crippen molar-refractivity contribution in [3.63, 3.8) is 0 Å². The third-order valence-electron chi connectivity index (χ3n) is 4.42. The van der Waals surface area contributed by atoms with Crippen LogP contribution < -0.4 is 9.64 Å². The summed E-state index contributed by atoms with van der Waals surface area (Å²) in [5.41, 5.74) is 1.09. The topological polar surface area (TPSA) is 87.2 Å². The Balaban J connectivity index is 1.68. The fourth-order valence-electron chi connectivity index (χ4n) is 2.90. The van der Waals surface area contributed by atoms with Crippen LogP contribution in [0, 0.1) is 0 Å². The van der Waals surface area contributed by atoms with Gasteiger partial charge in [-0.1, -0.05) is 0 Å². The molecule has 1 fully saturated rings. The maximum atomic E-state index is 12.7. The Morgan fingerprint density at radius 1 is 0.962 bits per heavy atom. The molecule has 0 aromatic heterocycles. The van der Waals surface area contributed by atoms with Crippen molar-refractivity contribution in [2.75, 3.05) is 38.2 Å². The smallest absolute Gasteiger partial charge is 0.335 e. The molecule has 1 saturated heterocycles. The van der Waals surface area contributed by atoms with E-state index in [0.717, 1.165) is 11.4 Å². The monoisotopic (exact) mass is 376 g/mol. The van der Waals surface area contributed by atoms with E-state index < -0.39 is 16.0 Å². The number of ether oxygens (including phenoxy) is 1. The van der Waals surface area contributed by atoms with Gasteiger partial charge < -0.3 is 14.7 Å². The number of hydrogen-bond acceptors (Lipinski definition) is 5. The van der Waals surface area contributed by atoms with Crippen molar-refractivity contribution >= 4 is 21.7 Å². The van der Waals surface area contributed by atoms with Crippen molar-refractivity contribution in [1.29, 1.82) is 0 Å². The number of rotatable bonds is 5. The molecule has 3 rings (SSSR count). The summed E-state index contributed by atoms with van der Waals surface area (Å²) in [6.45, 7) is 1.90. The Morgan fingerprint density at radius 2 is 1.54 bits per heavy atom. The van der Waals surface area contributed by atoms with Crippen molar-refractivity contribution in [3.8, 4) is 5.75 Å². The molecular weight excluding hydrogens is 356 g/mol. The maximum Gasteiger partial charge on any atom is 0.335 e. The Bertz CT molecular complexity index is 871. The second kappa shape index (κ2) is 7.35. The van der Waals surface area contributed by atoms with E-state index in [1.54, 1.807) is 7.11 Å². The number of carbonyl (C=O) groups is 1. The predicted molar refractivity (Wildman–Crippen MR) is 97.4 cm³/mol. The Morgan fingerprint density at radius 3 is 2.04 bits per heavy atom. The average molecular weight is 376 g/mol. The molecule has 0 aliphatic carbocycles. The number of hydrogen-bond donors (Lipinski definition) is 1. The second-order valence-electron chi connectivity index (χ2n) is 5.92. The molecule has 7 nitrogen and oxygen atoms in total. The van der Waals surface area contributed by atoms with Crippen molar-refractivity contribution in [2.45, 2.75) is 4.90 Å². The minimum atomic E-state index is -3.63.